The molecule has 1 aliphatic heterocycles. The van der Waals surface area contributed by atoms with Crippen LogP contribution in [0.25, 0.3) is 0 Å². The summed E-state index contributed by atoms with van der Waals surface area (Å²) in [5.41, 5.74) is -0.126. The number of ether oxygens (including phenoxy) is 4. The van der Waals surface area contributed by atoms with Crippen LogP contribution in [-0.2, 0) is 35.0 Å². The normalized spacial score (nSPS) is 18.5. The van der Waals surface area contributed by atoms with E-state index in [0.29, 0.717) is 0 Å². The van der Waals surface area contributed by atoms with Gasteiger partial charge >= 0.3 is 0 Å². The molecule has 2 heterocycles. The highest BCUT2D eigenvalue weighted by atomic mass is 16.6. The average molecular weight is 533 g/mol. The summed E-state index contributed by atoms with van der Waals surface area (Å²) in [7, 11) is 4.07. The molecule has 206 valence electrons. The highest BCUT2D eigenvalue weighted by molar-refractivity contribution is 5.99. The molecule has 2 aromatic rings. The van der Waals surface area contributed by atoms with Crippen molar-refractivity contribution < 1.29 is 42.6 Å². The molecule has 1 aromatic carbocycles. The van der Waals surface area contributed by atoms with Crippen molar-refractivity contribution in [3.8, 4) is 5.88 Å². The Morgan fingerprint density at radius 3 is 2.05 bits per heavy atom. The quantitative estimate of drug-likeness (QED) is 0.258. The molecular weight excluding hydrogens is 500 g/mol. The van der Waals surface area contributed by atoms with Crippen LogP contribution in [0.2, 0.25) is 0 Å². The van der Waals surface area contributed by atoms with Gasteiger partial charge in [0.05, 0.1) is 39.0 Å². The number of nitrogens with zero attached hydrogens (tertiary/aromatic N) is 1. The Morgan fingerprint density at radius 2 is 1.53 bits per heavy atom. The lowest BCUT2D eigenvalue weighted by atomic mass is 9.94. The second-order valence-electron chi connectivity index (χ2n) is 8.87. The molecule has 3 rings (SSSR count). The Kier molecular flexibility index (Phi) is 9.93. The predicted octanol–water partition coefficient (Wildman–Crippen LogP) is -0.355. The number of Topliss-reactive ketones (excluding diaryl/α,β-unsaturated/α-hetero) is 1. The minimum atomic E-state index is -1.18. The Labute approximate surface area is 219 Å². The van der Waals surface area contributed by atoms with Crippen molar-refractivity contribution in [3.63, 3.8) is 0 Å². The van der Waals surface area contributed by atoms with Crippen LogP contribution in [0.3, 0.4) is 0 Å². The highest BCUT2D eigenvalue weighted by Gasteiger charge is 2.50. The first kappa shape index (κ1) is 28.8. The number of amides is 3. The topological polar surface area (TPSA) is 171 Å². The van der Waals surface area contributed by atoms with E-state index in [1.54, 1.807) is 6.92 Å². The summed E-state index contributed by atoms with van der Waals surface area (Å²) in [6.45, 7) is 1.54. The monoisotopic (exact) mass is 532 g/mol. The van der Waals surface area contributed by atoms with Crippen molar-refractivity contribution in [2.24, 2.45) is 0 Å². The van der Waals surface area contributed by atoms with Crippen LogP contribution >= 0.6 is 0 Å². The molecule has 38 heavy (non-hydrogen) atoms. The summed E-state index contributed by atoms with van der Waals surface area (Å²) in [6, 6.07) is 7.21. The molecular formula is C25H32N4O9. The van der Waals surface area contributed by atoms with Crippen LogP contribution < -0.4 is 20.7 Å². The molecule has 0 bridgehead atoms. The van der Waals surface area contributed by atoms with E-state index < -0.39 is 41.4 Å². The molecule has 3 N–H and O–H groups in total. The van der Waals surface area contributed by atoms with E-state index in [1.807, 2.05) is 30.3 Å². The summed E-state index contributed by atoms with van der Waals surface area (Å²) in [4.78, 5) is 51.9. The molecule has 3 unspecified atom stereocenters. The van der Waals surface area contributed by atoms with Crippen LogP contribution in [0.15, 0.2) is 40.9 Å². The summed E-state index contributed by atoms with van der Waals surface area (Å²) < 4.78 is 25.3. The van der Waals surface area contributed by atoms with E-state index in [-0.39, 0.29) is 43.7 Å². The van der Waals surface area contributed by atoms with Gasteiger partial charge in [-0.05, 0) is 24.1 Å². The Bertz CT molecular complexity index is 1120. The van der Waals surface area contributed by atoms with E-state index in [0.717, 1.165) is 5.56 Å². The molecule has 3 amide bonds. The zero-order valence-corrected chi connectivity index (χ0v) is 21.6. The van der Waals surface area contributed by atoms with Gasteiger partial charge in [-0.3, -0.25) is 19.2 Å². The summed E-state index contributed by atoms with van der Waals surface area (Å²) >= 11 is 0. The van der Waals surface area contributed by atoms with Gasteiger partial charge in [0.25, 0.3) is 11.8 Å². The van der Waals surface area contributed by atoms with Crippen LogP contribution in [-0.4, -0.2) is 93.5 Å². The van der Waals surface area contributed by atoms with Crippen LogP contribution in [0, 0.1) is 0 Å². The van der Waals surface area contributed by atoms with Crippen molar-refractivity contribution in [2.75, 3.05) is 41.2 Å². The zero-order valence-electron chi connectivity index (χ0n) is 21.6. The van der Waals surface area contributed by atoms with Gasteiger partial charge in [0.15, 0.2) is 5.78 Å². The number of benzene rings is 1. The SMILES string of the molecule is COCC(NC(=O)c1cc(OC)no1)C(=O)N[C@@H](COC)C(=O)NC(Cc1ccccc1)C(=O)C1(C)CO1. The molecule has 0 radical (unpaired) electrons. The fraction of sp³-hybridized carbons (Fsp3) is 0.480. The maximum absolute atomic E-state index is 13.2. The minimum Gasteiger partial charge on any atom is -0.479 e. The zero-order chi connectivity index (χ0) is 27.7. The third kappa shape index (κ3) is 7.60. The largest absolute Gasteiger partial charge is 0.479 e. The number of nitrogens with one attached hydrogen (secondary N) is 3. The van der Waals surface area contributed by atoms with Crippen LogP contribution in [0.4, 0.5) is 0 Å². The lowest BCUT2D eigenvalue weighted by Gasteiger charge is -2.25. The van der Waals surface area contributed by atoms with Gasteiger partial charge in [-0.2, -0.15) is 0 Å². The van der Waals surface area contributed by atoms with Gasteiger partial charge in [0, 0.05) is 14.2 Å². The third-order valence-corrected chi connectivity index (χ3v) is 5.86. The summed E-state index contributed by atoms with van der Waals surface area (Å²) in [5.74, 6) is -2.46. The van der Waals surface area contributed by atoms with E-state index >= 15 is 0 Å². The maximum atomic E-state index is 13.2. The smallest absolute Gasteiger partial charge is 0.290 e. The molecule has 0 spiro atoms. The van der Waals surface area contributed by atoms with Crippen molar-refractivity contribution in [3.05, 3.63) is 47.7 Å². The Morgan fingerprint density at radius 1 is 0.947 bits per heavy atom. The first-order valence-electron chi connectivity index (χ1n) is 11.8. The van der Waals surface area contributed by atoms with E-state index in [1.165, 1.54) is 27.4 Å². The molecule has 13 heteroatoms. The second-order valence-corrected chi connectivity index (χ2v) is 8.87. The summed E-state index contributed by atoms with van der Waals surface area (Å²) in [6.07, 6.45) is 0.237. The third-order valence-electron chi connectivity index (χ3n) is 5.86. The number of carbonyl (C=O) groups excluding carboxylic acids is 4. The first-order valence-corrected chi connectivity index (χ1v) is 11.8. The van der Waals surface area contributed by atoms with Crippen LogP contribution in [0.1, 0.15) is 23.0 Å². The molecule has 0 aliphatic carbocycles. The number of hydrogen-bond donors (Lipinski definition) is 3. The predicted molar refractivity (Wildman–Crippen MR) is 131 cm³/mol. The fourth-order valence-electron chi connectivity index (χ4n) is 3.61. The number of ketones is 1. The average Bonchev–Trinajstić information content (AvgIpc) is 3.47. The second kappa shape index (κ2) is 13.1. The standard InChI is InChI=1S/C25H32N4O9/c1-25(14-37-25)21(30)16(10-15-8-6-5-7-9-15)26-22(31)17(12-34-2)27-23(32)18(13-35-3)28-24(33)19-11-20(36-4)29-38-19/h5-9,11,16-18H,10,12-14H2,1-4H3,(H,26,31)(H,27,32)(H,28,33)/t16?,17-,18?,25?/m0/s1. The van der Waals surface area contributed by atoms with Crippen molar-refractivity contribution >= 4 is 23.5 Å². The van der Waals surface area contributed by atoms with Crippen molar-refractivity contribution in [2.45, 2.75) is 37.1 Å². The number of epoxide rings is 1. The van der Waals surface area contributed by atoms with E-state index in [2.05, 4.69) is 21.1 Å². The van der Waals surface area contributed by atoms with Crippen molar-refractivity contribution in [1.29, 1.82) is 0 Å². The Hall–Kier alpha value is -3.81. The Balaban J connectivity index is 1.70. The van der Waals surface area contributed by atoms with Gasteiger partial charge in [-0.25, -0.2) is 0 Å². The molecule has 1 aliphatic rings. The van der Waals surface area contributed by atoms with Crippen molar-refractivity contribution in [1.82, 2.24) is 21.1 Å². The first-order chi connectivity index (χ1) is 18.2. The molecule has 1 saturated heterocycles. The minimum absolute atomic E-state index is 0.0878. The van der Waals surface area contributed by atoms with Crippen LogP contribution in [0.5, 0.6) is 5.88 Å². The lowest BCUT2D eigenvalue weighted by Crippen LogP contribution is -2.59. The van der Waals surface area contributed by atoms with Gasteiger partial charge in [-0.15, -0.1) is 0 Å². The molecule has 0 saturated carbocycles. The number of aromatic nitrogens is 1. The molecule has 1 aromatic heterocycles. The van der Waals surface area contributed by atoms with Gasteiger partial charge < -0.3 is 39.4 Å². The number of rotatable bonds is 15. The number of hydrogen-bond acceptors (Lipinski definition) is 10. The number of methoxy groups -OCH3 is 3. The molecule has 13 nitrogen and oxygen atoms in total. The molecule has 1 fully saturated rings. The van der Waals surface area contributed by atoms with Gasteiger partial charge in [-0.1, -0.05) is 30.3 Å². The van der Waals surface area contributed by atoms with E-state index in [4.69, 9.17) is 23.5 Å². The highest BCUT2D eigenvalue weighted by Crippen LogP contribution is 2.29. The lowest BCUT2D eigenvalue weighted by molar-refractivity contribution is -0.134. The summed E-state index contributed by atoms with van der Waals surface area (Å²) in [5, 5.41) is 11.3. The molecule has 4 atom stereocenters. The van der Waals surface area contributed by atoms with Gasteiger partial charge in [0.2, 0.25) is 17.6 Å². The maximum Gasteiger partial charge on any atom is 0.290 e. The number of carbonyl (C=O) groups is 4. The van der Waals surface area contributed by atoms with E-state index in [9.17, 15) is 19.2 Å². The van der Waals surface area contributed by atoms with Gasteiger partial charge in [0.1, 0.15) is 17.7 Å². The fourth-order valence-corrected chi connectivity index (χ4v) is 3.61.